The number of methoxy groups -OCH3 is 1. The highest BCUT2D eigenvalue weighted by atomic mass is 32.2. The maximum absolute atomic E-state index is 12.6. The van der Waals surface area contributed by atoms with E-state index < -0.39 is 15.9 Å². The Morgan fingerprint density at radius 3 is 2.30 bits per heavy atom. The average Bonchev–Trinajstić information content (AvgIpc) is 2.75. The van der Waals surface area contributed by atoms with E-state index in [4.69, 9.17) is 4.74 Å². The molecule has 0 fully saturated rings. The van der Waals surface area contributed by atoms with Gasteiger partial charge in [0.15, 0.2) is 0 Å². The minimum Gasteiger partial charge on any atom is -0.497 e. The number of hydrogen-bond donors (Lipinski definition) is 2. The number of benzene rings is 3. The lowest BCUT2D eigenvalue weighted by Gasteiger charge is -2.10. The predicted molar refractivity (Wildman–Crippen MR) is 116 cm³/mol. The molecule has 2 N–H and O–H groups in total. The third kappa shape index (κ3) is 5.24. The molecule has 3 aromatic carbocycles. The fraction of sp³-hybridized carbons (Fsp3) is 0.0909. The van der Waals surface area contributed by atoms with E-state index in [0.717, 1.165) is 5.56 Å². The molecule has 0 unspecified atom stereocenters. The van der Waals surface area contributed by atoms with E-state index in [9.17, 15) is 13.2 Å². The molecule has 3 aromatic rings. The normalized spacial score (nSPS) is 11.3. The van der Waals surface area contributed by atoms with Crippen molar-refractivity contribution < 1.29 is 17.9 Å². The van der Waals surface area contributed by atoms with Gasteiger partial charge in [-0.1, -0.05) is 35.9 Å². The summed E-state index contributed by atoms with van der Waals surface area (Å²) in [6.07, 6.45) is 1.38. The fourth-order valence-electron chi connectivity index (χ4n) is 2.59. The van der Waals surface area contributed by atoms with E-state index in [1.165, 1.54) is 6.21 Å². The standard InChI is InChI=1S/C22H21N3O4S/c1-16-7-13-20(14-8-16)30(27,28)25-21-6-4-3-5-18(21)15-23-24-22(26)17-9-11-19(29-2)12-10-17/h3-15,25H,1-2H3,(H,24,26). The summed E-state index contributed by atoms with van der Waals surface area (Å²) >= 11 is 0. The van der Waals surface area contributed by atoms with Crippen LogP contribution in [0.2, 0.25) is 0 Å². The molecule has 3 rings (SSSR count). The molecule has 0 aliphatic heterocycles. The van der Waals surface area contributed by atoms with Gasteiger partial charge in [0.2, 0.25) is 0 Å². The minimum atomic E-state index is -3.75. The highest BCUT2D eigenvalue weighted by Crippen LogP contribution is 2.19. The number of aryl methyl sites for hydroxylation is 1. The Labute approximate surface area is 175 Å². The fourth-order valence-corrected chi connectivity index (χ4v) is 3.68. The molecule has 0 heterocycles. The van der Waals surface area contributed by atoms with Crippen molar-refractivity contribution in [2.45, 2.75) is 11.8 Å². The molecule has 0 spiro atoms. The molecular formula is C22H21N3O4S. The summed E-state index contributed by atoms with van der Waals surface area (Å²) in [7, 11) is -2.21. The summed E-state index contributed by atoms with van der Waals surface area (Å²) in [5, 5.41) is 3.94. The number of amides is 1. The van der Waals surface area contributed by atoms with Gasteiger partial charge in [0.05, 0.1) is 23.9 Å². The zero-order valence-corrected chi connectivity index (χ0v) is 17.3. The summed E-state index contributed by atoms with van der Waals surface area (Å²) in [6.45, 7) is 1.88. The summed E-state index contributed by atoms with van der Waals surface area (Å²) in [6, 6.07) is 19.9. The van der Waals surface area contributed by atoms with Crippen molar-refractivity contribution in [3.05, 3.63) is 89.5 Å². The van der Waals surface area contributed by atoms with E-state index in [2.05, 4.69) is 15.2 Å². The van der Waals surface area contributed by atoms with Crippen LogP contribution in [0.1, 0.15) is 21.5 Å². The first kappa shape index (κ1) is 21.1. The smallest absolute Gasteiger partial charge is 0.271 e. The predicted octanol–water partition coefficient (Wildman–Crippen LogP) is 3.57. The number of ether oxygens (including phenoxy) is 1. The quantitative estimate of drug-likeness (QED) is 0.448. The number of anilines is 1. The van der Waals surface area contributed by atoms with E-state index >= 15 is 0 Å². The number of carbonyl (C=O) groups excluding carboxylic acids is 1. The van der Waals surface area contributed by atoms with Gasteiger partial charge in [-0.3, -0.25) is 9.52 Å². The van der Waals surface area contributed by atoms with Crippen molar-refractivity contribution in [1.82, 2.24) is 5.43 Å². The Bertz CT molecular complexity index is 1160. The Balaban J connectivity index is 1.73. The van der Waals surface area contributed by atoms with Gasteiger partial charge in [0.25, 0.3) is 15.9 Å². The molecule has 7 nitrogen and oxygen atoms in total. The van der Waals surface area contributed by atoms with E-state index in [1.807, 2.05) is 6.92 Å². The Kier molecular flexibility index (Phi) is 6.48. The monoisotopic (exact) mass is 423 g/mol. The Hall–Kier alpha value is -3.65. The van der Waals surface area contributed by atoms with Gasteiger partial charge in [0.1, 0.15) is 5.75 Å². The Morgan fingerprint density at radius 1 is 0.967 bits per heavy atom. The van der Waals surface area contributed by atoms with Gasteiger partial charge < -0.3 is 4.74 Å². The lowest BCUT2D eigenvalue weighted by atomic mass is 10.2. The van der Waals surface area contributed by atoms with Gasteiger partial charge in [-0.15, -0.1) is 0 Å². The summed E-state index contributed by atoms with van der Waals surface area (Å²) in [4.78, 5) is 12.3. The lowest BCUT2D eigenvalue weighted by molar-refractivity contribution is 0.0955. The molecule has 0 aliphatic carbocycles. The van der Waals surface area contributed by atoms with E-state index in [-0.39, 0.29) is 4.90 Å². The maximum Gasteiger partial charge on any atom is 0.271 e. The average molecular weight is 423 g/mol. The SMILES string of the molecule is COc1ccc(C(=O)NN=Cc2ccccc2NS(=O)(=O)c2ccc(C)cc2)cc1. The lowest BCUT2D eigenvalue weighted by Crippen LogP contribution is -2.18. The summed E-state index contributed by atoms with van der Waals surface area (Å²) in [5.74, 6) is 0.247. The van der Waals surface area contributed by atoms with Gasteiger partial charge in [-0.25, -0.2) is 13.8 Å². The van der Waals surface area contributed by atoms with Crippen molar-refractivity contribution in [2.75, 3.05) is 11.8 Å². The summed E-state index contributed by atoms with van der Waals surface area (Å²) in [5.41, 5.74) is 4.66. The van der Waals surface area contributed by atoms with Crippen LogP contribution in [0.25, 0.3) is 0 Å². The first-order valence-corrected chi connectivity index (χ1v) is 10.5. The van der Waals surface area contributed by atoms with Crippen LogP contribution in [-0.4, -0.2) is 27.6 Å². The van der Waals surface area contributed by atoms with Crippen LogP contribution in [0.15, 0.2) is 82.8 Å². The first-order valence-electron chi connectivity index (χ1n) is 9.05. The molecule has 0 saturated heterocycles. The minimum absolute atomic E-state index is 0.160. The Morgan fingerprint density at radius 2 is 1.63 bits per heavy atom. The topological polar surface area (TPSA) is 96.9 Å². The van der Waals surface area contributed by atoms with Crippen molar-refractivity contribution in [1.29, 1.82) is 0 Å². The van der Waals surface area contributed by atoms with Crippen molar-refractivity contribution in [2.24, 2.45) is 5.10 Å². The van der Waals surface area contributed by atoms with Gasteiger partial charge >= 0.3 is 0 Å². The van der Waals surface area contributed by atoms with Crippen LogP contribution in [0.3, 0.4) is 0 Å². The molecule has 0 aromatic heterocycles. The number of nitrogens with zero attached hydrogens (tertiary/aromatic N) is 1. The number of sulfonamides is 1. The number of para-hydroxylation sites is 1. The van der Waals surface area contributed by atoms with Gasteiger partial charge in [0, 0.05) is 11.1 Å². The molecule has 0 saturated carbocycles. The van der Waals surface area contributed by atoms with Crippen LogP contribution < -0.4 is 14.9 Å². The maximum atomic E-state index is 12.6. The number of carbonyl (C=O) groups is 1. The third-order valence-corrected chi connectivity index (χ3v) is 5.64. The number of nitrogens with one attached hydrogen (secondary N) is 2. The zero-order chi connectivity index (χ0) is 21.6. The van der Waals surface area contributed by atoms with Crippen LogP contribution in [-0.2, 0) is 10.0 Å². The molecule has 0 bridgehead atoms. The van der Waals surface area contributed by atoms with Crippen molar-refractivity contribution >= 4 is 27.8 Å². The third-order valence-electron chi connectivity index (χ3n) is 4.26. The first-order chi connectivity index (χ1) is 14.4. The highest BCUT2D eigenvalue weighted by Gasteiger charge is 2.15. The molecule has 30 heavy (non-hydrogen) atoms. The second-order valence-corrected chi connectivity index (χ2v) is 8.12. The number of hydrogen-bond acceptors (Lipinski definition) is 5. The van der Waals surface area contributed by atoms with Crippen molar-refractivity contribution in [3.8, 4) is 5.75 Å². The van der Waals surface area contributed by atoms with Crippen LogP contribution in [0.4, 0.5) is 5.69 Å². The highest BCUT2D eigenvalue weighted by molar-refractivity contribution is 7.92. The van der Waals surface area contributed by atoms with E-state index in [1.54, 1.807) is 79.9 Å². The van der Waals surface area contributed by atoms with E-state index in [0.29, 0.717) is 22.6 Å². The van der Waals surface area contributed by atoms with Crippen LogP contribution in [0, 0.1) is 6.92 Å². The molecular weight excluding hydrogens is 402 g/mol. The van der Waals surface area contributed by atoms with Gasteiger partial charge in [-0.05, 0) is 49.4 Å². The number of rotatable bonds is 7. The molecule has 1 amide bonds. The van der Waals surface area contributed by atoms with Gasteiger partial charge in [-0.2, -0.15) is 5.10 Å². The zero-order valence-electron chi connectivity index (χ0n) is 16.5. The molecule has 154 valence electrons. The molecule has 0 aliphatic rings. The molecule has 0 atom stereocenters. The molecule has 0 radical (unpaired) electrons. The van der Waals surface area contributed by atoms with Crippen LogP contribution in [0.5, 0.6) is 5.75 Å². The largest absolute Gasteiger partial charge is 0.497 e. The summed E-state index contributed by atoms with van der Waals surface area (Å²) < 4.78 is 32.9. The van der Waals surface area contributed by atoms with Crippen molar-refractivity contribution in [3.63, 3.8) is 0 Å². The number of hydrazone groups is 1. The second kappa shape index (κ2) is 9.23. The molecule has 8 heteroatoms. The van der Waals surface area contributed by atoms with Crippen LogP contribution >= 0.6 is 0 Å². The second-order valence-electron chi connectivity index (χ2n) is 6.43.